The molecule has 2 atom stereocenters. The van der Waals surface area contributed by atoms with Gasteiger partial charge in [0.1, 0.15) is 0 Å². The number of hydrogen-bond acceptors (Lipinski definition) is 3. The first-order valence-corrected chi connectivity index (χ1v) is 8.80. The standard InChI is InChI=1S/C18H36N2O/c1-14(2)11-16-12-19-18(5,15-7-8-15)13-20(16)10-9-17(3,4)21-6/h14-16,19H,7-13H2,1-6H3. The van der Waals surface area contributed by atoms with Crippen LogP contribution in [0.3, 0.4) is 0 Å². The van der Waals surface area contributed by atoms with Gasteiger partial charge in [0.05, 0.1) is 5.60 Å². The Kier molecular flexibility index (Phi) is 5.38. The fourth-order valence-electron chi connectivity index (χ4n) is 3.63. The molecule has 1 saturated carbocycles. The number of hydrogen-bond donors (Lipinski definition) is 1. The molecule has 3 nitrogen and oxygen atoms in total. The van der Waals surface area contributed by atoms with Crippen molar-refractivity contribution in [3.8, 4) is 0 Å². The molecule has 124 valence electrons. The van der Waals surface area contributed by atoms with Crippen LogP contribution in [0.15, 0.2) is 0 Å². The Labute approximate surface area is 131 Å². The maximum atomic E-state index is 5.61. The molecule has 1 heterocycles. The van der Waals surface area contributed by atoms with E-state index in [-0.39, 0.29) is 5.60 Å². The molecule has 2 fully saturated rings. The number of rotatable bonds is 7. The maximum Gasteiger partial charge on any atom is 0.0634 e. The second-order valence-electron chi connectivity index (χ2n) is 8.54. The molecule has 3 heteroatoms. The zero-order valence-electron chi connectivity index (χ0n) is 15.0. The molecule has 0 aromatic rings. The van der Waals surface area contributed by atoms with Gasteiger partial charge in [-0.3, -0.25) is 4.90 Å². The molecular weight excluding hydrogens is 260 g/mol. The van der Waals surface area contributed by atoms with E-state index in [9.17, 15) is 0 Å². The van der Waals surface area contributed by atoms with Crippen LogP contribution in [0.4, 0.5) is 0 Å². The molecule has 1 saturated heterocycles. The normalized spacial score (nSPS) is 31.9. The summed E-state index contributed by atoms with van der Waals surface area (Å²) in [5.74, 6) is 1.66. The largest absolute Gasteiger partial charge is 0.379 e. The highest BCUT2D eigenvalue weighted by molar-refractivity contribution is 5.04. The summed E-state index contributed by atoms with van der Waals surface area (Å²) in [6, 6.07) is 0.685. The molecule has 0 amide bonds. The summed E-state index contributed by atoms with van der Waals surface area (Å²) in [4.78, 5) is 2.75. The molecule has 1 N–H and O–H groups in total. The third-order valence-corrected chi connectivity index (χ3v) is 5.57. The van der Waals surface area contributed by atoms with Crippen LogP contribution < -0.4 is 5.32 Å². The van der Waals surface area contributed by atoms with Crippen LogP contribution in [0, 0.1) is 11.8 Å². The van der Waals surface area contributed by atoms with Gasteiger partial charge in [0.2, 0.25) is 0 Å². The molecule has 0 aromatic heterocycles. The van der Waals surface area contributed by atoms with Crippen molar-refractivity contribution in [2.45, 2.75) is 77.5 Å². The molecule has 1 aliphatic heterocycles. The summed E-state index contributed by atoms with van der Waals surface area (Å²) in [5.41, 5.74) is 0.327. The fraction of sp³-hybridized carbons (Fsp3) is 1.00. The van der Waals surface area contributed by atoms with E-state index < -0.39 is 0 Å². The summed E-state index contributed by atoms with van der Waals surface area (Å²) in [6.45, 7) is 15.0. The molecular formula is C18H36N2O. The van der Waals surface area contributed by atoms with E-state index in [0.29, 0.717) is 11.6 Å². The first-order chi connectivity index (χ1) is 9.76. The van der Waals surface area contributed by atoms with Crippen molar-refractivity contribution in [1.82, 2.24) is 10.2 Å². The molecule has 1 aliphatic carbocycles. The minimum atomic E-state index is -0.0107. The fourth-order valence-corrected chi connectivity index (χ4v) is 3.63. The Morgan fingerprint density at radius 1 is 1.33 bits per heavy atom. The molecule has 0 radical (unpaired) electrons. The van der Waals surface area contributed by atoms with Gasteiger partial charge in [-0.2, -0.15) is 0 Å². The minimum Gasteiger partial charge on any atom is -0.379 e. The van der Waals surface area contributed by atoms with Crippen molar-refractivity contribution in [3.63, 3.8) is 0 Å². The van der Waals surface area contributed by atoms with Crippen molar-refractivity contribution in [1.29, 1.82) is 0 Å². The average molecular weight is 296 g/mol. The highest BCUT2D eigenvalue weighted by Crippen LogP contribution is 2.41. The van der Waals surface area contributed by atoms with Crippen LogP contribution in [-0.2, 0) is 4.74 Å². The van der Waals surface area contributed by atoms with Crippen molar-refractivity contribution in [2.75, 3.05) is 26.7 Å². The van der Waals surface area contributed by atoms with Gasteiger partial charge in [-0.15, -0.1) is 0 Å². The van der Waals surface area contributed by atoms with Crippen molar-refractivity contribution in [2.24, 2.45) is 11.8 Å². The summed E-state index contributed by atoms with van der Waals surface area (Å²) >= 11 is 0. The smallest absolute Gasteiger partial charge is 0.0634 e. The highest BCUT2D eigenvalue weighted by atomic mass is 16.5. The summed E-state index contributed by atoms with van der Waals surface area (Å²) in [7, 11) is 1.83. The van der Waals surface area contributed by atoms with Crippen LogP contribution in [0.5, 0.6) is 0 Å². The van der Waals surface area contributed by atoms with E-state index in [0.717, 1.165) is 31.3 Å². The van der Waals surface area contributed by atoms with Gasteiger partial charge in [-0.05, 0) is 58.3 Å². The predicted molar refractivity (Wildman–Crippen MR) is 89.7 cm³/mol. The molecule has 21 heavy (non-hydrogen) atoms. The molecule has 0 aromatic carbocycles. The minimum absolute atomic E-state index is 0.0107. The van der Waals surface area contributed by atoms with E-state index in [4.69, 9.17) is 4.74 Å². The van der Waals surface area contributed by atoms with Crippen molar-refractivity contribution >= 4 is 0 Å². The van der Waals surface area contributed by atoms with Gasteiger partial charge in [0.25, 0.3) is 0 Å². The number of nitrogens with zero attached hydrogens (tertiary/aromatic N) is 1. The lowest BCUT2D eigenvalue weighted by molar-refractivity contribution is -0.00846. The van der Waals surface area contributed by atoms with Gasteiger partial charge >= 0.3 is 0 Å². The van der Waals surface area contributed by atoms with Gasteiger partial charge in [0.15, 0.2) is 0 Å². The zero-order chi connectivity index (χ0) is 15.7. The number of methoxy groups -OCH3 is 1. The van der Waals surface area contributed by atoms with Crippen LogP contribution in [0.2, 0.25) is 0 Å². The first kappa shape index (κ1) is 17.2. The van der Waals surface area contributed by atoms with E-state index >= 15 is 0 Å². The van der Waals surface area contributed by atoms with Gasteiger partial charge in [0, 0.05) is 38.3 Å². The Bertz CT molecular complexity index is 338. The van der Waals surface area contributed by atoms with E-state index in [2.05, 4.69) is 44.8 Å². The Morgan fingerprint density at radius 3 is 2.52 bits per heavy atom. The number of ether oxygens (including phenoxy) is 1. The summed E-state index contributed by atoms with van der Waals surface area (Å²) in [5, 5.41) is 3.88. The third-order valence-electron chi connectivity index (χ3n) is 5.57. The predicted octanol–water partition coefficient (Wildman–Crippen LogP) is 3.29. The molecule has 2 unspecified atom stereocenters. The topological polar surface area (TPSA) is 24.5 Å². The number of piperazine rings is 1. The van der Waals surface area contributed by atoms with Gasteiger partial charge < -0.3 is 10.1 Å². The van der Waals surface area contributed by atoms with E-state index in [1.807, 2.05) is 7.11 Å². The van der Waals surface area contributed by atoms with Crippen LogP contribution in [0.1, 0.15) is 60.3 Å². The van der Waals surface area contributed by atoms with Gasteiger partial charge in [-0.1, -0.05) is 13.8 Å². The second kappa shape index (κ2) is 6.55. The lowest BCUT2D eigenvalue weighted by Crippen LogP contribution is -2.64. The average Bonchev–Trinajstić information content (AvgIpc) is 3.24. The Morgan fingerprint density at radius 2 is 2.00 bits per heavy atom. The third kappa shape index (κ3) is 4.67. The number of nitrogens with one attached hydrogen (secondary N) is 1. The Balaban J connectivity index is 1.98. The van der Waals surface area contributed by atoms with Crippen LogP contribution in [-0.4, -0.2) is 48.8 Å². The van der Waals surface area contributed by atoms with E-state index in [1.165, 1.54) is 25.8 Å². The molecule has 2 aliphatic rings. The zero-order valence-corrected chi connectivity index (χ0v) is 15.0. The van der Waals surface area contributed by atoms with Crippen molar-refractivity contribution < 1.29 is 4.74 Å². The summed E-state index contributed by atoms with van der Waals surface area (Å²) < 4.78 is 5.61. The SMILES string of the molecule is COC(C)(C)CCN1CC(C)(C2CC2)NCC1CC(C)C. The summed E-state index contributed by atoms with van der Waals surface area (Å²) in [6.07, 6.45) is 5.23. The molecule has 0 spiro atoms. The molecule has 0 bridgehead atoms. The van der Waals surface area contributed by atoms with Gasteiger partial charge in [-0.25, -0.2) is 0 Å². The molecule has 2 rings (SSSR count). The lowest BCUT2D eigenvalue weighted by atomic mass is 9.88. The quantitative estimate of drug-likeness (QED) is 0.780. The van der Waals surface area contributed by atoms with Crippen LogP contribution in [0.25, 0.3) is 0 Å². The Hall–Kier alpha value is -0.120. The van der Waals surface area contributed by atoms with E-state index in [1.54, 1.807) is 0 Å². The maximum absolute atomic E-state index is 5.61. The monoisotopic (exact) mass is 296 g/mol. The lowest BCUT2D eigenvalue weighted by Gasteiger charge is -2.48. The first-order valence-electron chi connectivity index (χ1n) is 8.80. The van der Waals surface area contributed by atoms with Crippen molar-refractivity contribution in [3.05, 3.63) is 0 Å². The van der Waals surface area contributed by atoms with Crippen LogP contribution >= 0.6 is 0 Å². The highest BCUT2D eigenvalue weighted by Gasteiger charge is 2.46. The second-order valence-corrected chi connectivity index (χ2v) is 8.54.